The third kappa shape index (κ3) is 3.15. The van der Waals surface area contributed by atoms with Crippen LogP contribution in [0.4, 0.5) is 0 Å². The Hall–Kier alpha value is -0.530. The maximum absolute atomic E-state index is 12.1. The molecule has 0 aliphatic carbocycles. The van der Waals surface area contributed by atoms with Crippen LogP contribution in [0.3, 0.4) is 0 Å². The number of ether oxygens (including phenoxy) is 2. The van der Waals surface area contributed by atoms with Crippen LogP contribution in [0.1, 0.15) is 11.1 Å². The molecule has 4 nitrogen and oxygen atoms in total. The zero-order valence-corrected chi connectivity index (χ0v) is 15.8. The van der Waals surface area contributed by atoms with E-state index in [2.05, 4.69) is 0 Å². The number of hydrogen-bond acceptors (Lipinski definition) is 4. The minimum Gasteiger partial charge on any atom is -0.340 e. The van der Waals surface area contributed by atoms with E-state index < -0.39 is 14.8 Å². The van der Waals surface area contributed by atoms with Crippen molar-refractivity contribution >= 4 is 54.5 Å². The Bertz CT molecular complexity index is 875. The Morgan fingerprint density at radius 2 is 1.50 bits per heavy atom. The van der Waals surface area contributed by atoms with Gasteiger partial charge in [0.05, 0.1) is 23.3 Å². The van der Waals surface area contributed by atoms with Gasteiger partial charge in [-0.2, -0.15) is 0 Å². The van der Waals surface area contributed by atoms with Crippen molar-refractivity contribution in [1.29, 1.82) is 0 Å². The van der Waals surface area contributed by atoms with Gasteiger partial charge in [-0.1, -0.05) is 53.0 Å². The van der Waals surface area contributed by atoms with E-state index in [1.54, 1.807) is 24.3 Å². The van der Waals surface area contributed by atoms with Gasteiger partial charge in [0.1, 0.15) is 4.90 Å². The summed E-state index contributed by atoms with van der Waals surface area (Å²) < 4.78 is 35.8. The lowest BCUT2D eigenvalue weighted by atomic mass is 9.97. The molecule has 0 aromatic heterocycles. The Morgan fingerprint density at radius 3 is 2.04 bits per heavy atom. The normalized spacial score (nSPS) is 17.2. The molecule has 3 rings (SSSR count). The second kappa shape index (κ2) is 6.65. The van der Waals surface area contributed by atoms with Gasteiger partial charge in [-0.25, -0.2) is 8.42 Å². The van der Waals surface area contributed by atoms with Crippen LogP contribution in [0.25, 0.3) is 0 Å². The molecule has 0 amide bonds. The highest BCUT2D eigenvalue weighted by Crippen LogP contribution is 2.45. The second-order valence-corrected chi connectivity index (χ2v) is 8.72. The average molecular weight is 428 g/mol. The van der Waals surface area contributed by atoms with Gasteiger partial charge in [-0.3, -0.25) is 0 Å². The lowest BCUT2D eigenvalue weighted by molar-refractivity contribution is -0.131. The third-order valence-corrected chi connectivity index (χ3v) is 6.11. The van der Waals surface area contributed by atoms with Crippen molar-refractivity contribution in [3.63, 3.8) is 0 Å². The fraction of sp³-hybridized carbons (Fsp3) is 0.200. The molecule has 128 valence electrons. The van der Waals surface area contributed by atoms with Crippen molar-refractivity contribution in [2.75, 3.05) is 13.2 Å². The lowest BCUT2D eigenvalue weighted by Crippen LogP contribution is -2.30. The molecule has 0 spiro atoms. The molecule has 24 heavy (non-hydrogen) atoms. The summed E-state index contributed by atoms with van der Waals surface area (Å²) in [5, 5.41) is 0.395. The van der Waals surface area contributed by atoms with Crippen molar-refractivity contribution in [2.24, 2.45) is 0 Å². The summed E-state index contributed by atoms with van der Waals surface area (Å²) in [4.78, 5) is -0.338. The van der Waals surface area contributed by atoms with Crippen LogP contribution in [0.2, 0.25) is 15.1 Å². The molecule has 2 aromatic rings. The Labute approximate surface area is 158 Å². The lowest BCUT2D eigenvalue weighted by Gasteiger charge is -2.30. The molecular formula is C15H10Cl4O4S. The van der Waals surface area contributed by atoms with E-state index in [4.69, 9.17) is 55.0 Å². The fourth-order valence-corrected chi connectivity index (χ4v) is 4.79. The molecular weight excluding hydrogens is 418 g/mol. The zero-order chi connectivity index (χ0) is 17.5. The van der Waals surface area contributed by atoms with Gasteiger partial charge in [0, 0.05) is 26.8 Å². The van der Waals surface area contributed by atoms with Crippen LogP contribution < -0.4 is 0 Å². The van der Waals surface area contributed by atoms with E-state index in [0.717, 1.165) is 0 Å². The second-order valence-electron chi connectivity index (χ2n) is 5.00. The van der Waals surface area contributed by atoms with Gasteiger partial charge in [0.2, 0.25) is 5.79 Å². The maximum Gasteiger partial charge on any atom is 0.263 e. The van der Waals surface area contributed by atoms with E-state index in [1.807, 2.05) is 0 Å². The van der Waals surface area contributed by atoms with Crippen molar-refractivity contribution in [1.82, 2.24) is 0 Å². The highest BCUT2D eigenvalue weighted by molar-refractivity contribution is 8.13. The molecule has 0 saturated carbocycles. The van der Waals surface area contributed by atoms with E-state index in [9.17, 15) is 8.42 Å². The minimum atomic E-state index is -4.21. The van der Waals surface area contributed by atoms with E-state index >= 15 is 0 Å². The first-order valence-electron chi connectivity index (χ1n) is 6.73. The van der Waals surface area contributed by atoms with Gasteiger partial charge in [0.15, 0.2) is 0 Å². The first-order valence-corrected chi connectivity index (χ1v) is 10.2. The summed E-state index contributed by atoms with van der Waals surface area (Å²) in [6.07, 6.45) is 0. The highest BCUT2D eigenvalue weighted by Gasteiger charge is 2.45. The van der Waals surface area contributed by atoms with Gasteiger partial charge < -0.3 is 9.47 Å². The summed E-state index contributed by atoms with van der Waals surface area (Å²) in [6.45, 7) is 0.537. The smallest absolute Gasteiger partial charge is 0.263 e. The average Bonchev–Trinajstić information content (AvgIpc) is 3.00. The summed E-state index contributed by atoms with van der Waals surface area (Å²) in [5.41, 5.74) is 0.719. The molecule has 0 radical (unpaired) electrons. The first-order chi connectivity index (χ1) is 11.3. The summed E-state index contributed by atoms with van der Waals surface area (Å²) in [5.74, 6) is -1.46. The van der Waals surface area contributed by atoms with Crippen molar-refractivity contribution in [3.8, 4) is 0 Å². The molecule has 2 aromatic carbocycles. The molecule has 1 heterocycles. The molecule has 1 aliphatic heterocycles. The van der Waals surface area contributed by atoms with Crippen LogP contribution >= 0.6 is 45.5 Å². The minimum absolute atomic E-state index is 0.0592. The topological polar surface area (TPSA) is 52.6 Å². The molecule has 0 unspecified atom stereocenters. The van der Waals surface area contributed by atoms with Crippen LogP contribution in [0.5, 0.6) is 0 Å². The monoisotopic (exact) mass is 426 g/mol. The van der Waals surface area contributed by atoms with Crippen LogP contribution in [0.15, 0.2) is 41.3 Å². The Kier molecular flexibility index (Phi) is 5.06. The first kappa shape index (κ1) is 18.3. The number of benzene rings is 2. The van der Waals surface area contributed by atoms with Gasteiger partial charge >= 0.3 is 0 Å². The van der Waals surface area contributed by atoms with Crippen LogP contribution in [-0.2, 0) is 24.3 Å². The van der Waals surface area contributed by atoms with Crippen LogP contribution in [0, 0.1) is 0 Å². The number of rotatable bonds is 3. The molecule has 0 atom stereocenters. The maximum atomic E-state index is 12.1. The largest absolute Gasteiger partial charge is 0.340 e. The van der Waals surface area contributed by atoms with E-state index in [0.29, 0.717) is 10.6 Å². The SMILES string of the molecule is O=S(=O)(Cl)c1c(C2(c3ccc(Cl)cc3)OCCO2)ccc(Cl)c1Cl. The zero-order valence-electron chi connectivity index (χ0n) is 11.9. The van der Waals surface area contributed by atoms with Gasteiger partial charge in [-0.15, -0.1) is 0 Å². The van der Waals surface area contributed by atoms with Gasteiger partial charge in [0.25, 0.3) is 9.05 Å². The predicted octanol–water partition coefficient (Wildman–Crippen LogP) is 4.82. The molecule has 0 bridgehead atoms. The molecule has 1 saturated heterocycles. The quantitative estimate of drug-likeness (QED) is 0.658. The summed E-state index contributed by atoms with van der Waals surface area (Å²) in [6, 6.07) is 9.60. The Morgan fingerprint density at radius 1 is 0.917 bits per heavy atom. The number of halogens is 4. The molecule has 0 N–H and O–H groups in total. The summed E-state index contributed by atoms with van der Waals surface area (Å²) in [7, 11) is 1.38. The number of hydrogen-bond donors (Lipinski definition) is 0. The molecule has 1 aliphatic rings. The standard InChI is InChI=1S/C15H10Cl4O4S/c16-10-3-1-9(2-4-10)15(22-7-8-23-15)11-5-6-12(17)13(18)14(11)24(19,20)21/h1-6H,7-8H2. The van der Waals surface area contributed by atoms with Crippen molar-refractivity contribution < 1.29 is 17.9 Å². The van der Waals surface area contributed by atoms with Crippen molar-refractivity contribution in [2.45, 2.75) is 10.7 Å². The fourth-order valence-electron chi connectivity index (χ4n) is 2.59. The van der Waals surface area contributed by atoms with Gasteiger partial charge in [-0.05, 0) is 18.2 Å². The van der Waals surface area contributed by atoms with Crippen LogP contribution in [-0.4, -0.2) is 21.6 Å². The highest BCUT2D eigenvalue weighted by atomic mass is 35.7. The van der Waals surface area contributed by atoms with Crippen molar-refractivity contribution in [3.05, 3.63) is 62.6 Å². The third-order valence-electron chi connectivity index (χ3n) is 3.57. The van der Waals surface area contributed by atoms with E-state index in [-0.39, 0.29) is 33.7 Å². The van der Waals surface area contributed by atoms with E-state index in [1.165, 1.54) is 12.1 Å². The predicted molar refractivity (Wildman–Crippen MR) is 93.6 cm³/mol. The molecule has 9 heteroatoms. The summed E-state index contributed by atoms with van der Waals surface area (Å²) >= 11 is 18.0. The Balaban J connectivity index is 2.32. The molecule has 1 fully saturated rings.